The van der Waals surface area contributed by atoms with Gasteiger partial charge in [-0.15, -0.1) is 0 Å². The Hall–Kier alpha value is -4.33. The molecule has 0 bridgehead atoms. The molecule has 216 valence electrons. The van der Waals surface area contributed by atoms with Gasteiger partial charge in [0.25, 0.3) is 15.9 Å². The van der Waals surface area contributed by atoms with Crippen LogP contribution in [0.2, 0.25) is 5.02 Å². The molecule has 42 heavy (non-hydrogen) atoms. The first-order valence-electron chi connectivity index (χ1n) is 12.3. The van der Waals surface area contributed by atoms with Gasteiger partial charge < -0.3 is 5.32 Å². The molecule has 0 radical (unpaired) electrons. The molecule has 0 fully saturated rings. The van der Waals surface area contributed by atoms with Gasteiger partial charge >= 0.3 is 6.18 Å². The zero-order valence-electron chi connectivity index (χ0n) is 21.8. The highest BCUT2D eigenvalue weighted by molar-refractivity contribution is 7.89. The van der Waals surface area contributed by atoms with Gasteiger partial charge in [0.15, 0.2) is 5.65 Å². The monoisotopic (exact) mass is 614 g/mol. The van der Waals surface area contributed by atoms with Gasteiger partial charge in [0, 0.05) is 29.4 Å². The van der Waals surface area contributed by atoms with E-state index in [0.717, 1.165) is 16.6 Å². The summed E-state index contributed by atoms with van der Waals surface area (Å²) in [7, 11) is -4.57. The van der Waals surface area contributed by atoms with Crippen molar-refractivity contribution in [2.45, 2.75) is 30.1 Å². The lowest BCUT2D eigenvalue weighted by Gasteiger charge is -2.31. The fourth-order valence-corrected chi connectivity index (χ4v) is 5.46. The normalized spacial score (nSPS) is 13.6. The lowest BCUT2D eigenvalue weighted by atomic mass is 9.88. The van der Waals surface area contributed by atoms with E-state index in [9.17, 15) is 26.4 Å². The van der Waals surface area contributed by atoms with Gasteiger partial charge in [-0.05, 0) is 48.9 Å². The Bertz CT molecular complexity index is 1900. The van der Waals surface area contributed by atoms with E-state index in [1.54, 1.807) is 55.6 Å². The molecule has 5 rings (SSSR count). The summed E-state index contributed by atoms with van der Waals surface area (Å²) in [6.07, 6.45) is -1.53. The van der Waals surface area contributed by atoms with Crippen molar-refractivity contribution in [3.8, 4) is 11.3 Å². The SMILES string of the molecule is CC(Cc1ccccc1Cl)(NC(=O)c1c(S(N)(=O)=O)nn2c(-c3ccc(C(F)(F)F)cc3)ccnc12)c1ccccn1. The van der Waals surface area contributed by atoms with Gasteiger partial charge in [0.2, 0.25) is 5.03 Å². The van der Waals surface area contributed by atoms with Crippen LogP contribution in [0.3, 0.4) is 0 Å². The molecule has 2 aromatic carbocycles. The number of hydrogen-bond donors (Lipinski definition) is 2. The molecule has 3 heterocycles. The van der Waals surface area contributed by atoms with E-state index in [2.05, 4.69) is 20.4 Å². The van der Waals surface area contributed by atoms with Crippen molar-refractivity contribution in [3.63, 3.8) is 0 Å². The number of sulfonamides is 1. The summed E-state index contributed by atoms with van der Waals surface area (Å²) in [5.41, 5.74) is -1.06. The topological polar surface area (TPSA) is 132 Å². The Labute approximate surface area is 243 Å². The number of amides is 1. The van der Waals surface area contributed by atoms with Gasteiger partial charge in [-0.3, -0.25) is 9.78 Å². The number of rotatable bonds is 7. The number of fused-ring (bicyclic) bond motifs is 1. The third-order valence-corrected chi connectivity index (χ3v) is 7.81. The third-order valence-electron chi connectivity index (χ3n) is 6.61. The summed E-state index contributed by atoms with van der Waals surface area (Å²) < 4.78 is 65.7. The van der Waals surface area contributed by atoms with E-state index in [1.165, 1.54) is 24.4 Å². The molecule has 0 aliphatic rings. The first-order valence-corrected chi connectivity index (χ1v) is 14.3. The van der Waals surface area contributed by atoms with Crippen LogP contribution in [0.25, 0.3) is 16.9 Å². The molecule has 9 nitrogen and oxygen atoms in total. The molecule has 0 spiro atoms. The number of aromatic nitrogens is 4. The van der Waals surface area contributed by atoms with E-state index in [1.807, 2.05) is 0 Å². The Balaban J connectivity index is 1.63. The number of primary sulfonamides is 1. The number of carbonyl (C=O) groups excluding carboxylic acids is 1. The molecule has 1 unspecified atom stereocenters. The molecule has 1 atom stereocenters. The fourth-order valence-electron chi connectivity index (χ4n) is 4.60. The van der Waals surface area contributed by atoms with Crippen LogP contribution in [0.15, 0.2) is 90.2 Å². The zero-order chi connectivity index (χ0) is 30.3. The highest BCUT2D eigenvalue weighted by Crippen LogP contribution is 2.33. The molecule has 14 heteroatoms. The summed E-state index contributed by atoms with van der Waals surface area (Å²) in [6.45, 7) is 1.71. The van der Waals surface area contributed by atoms with Crippen LogP contribution in [0.4, 0.5) is 13.2 Å². The molecule has 3 aromatic heterocycles. The minimum absolute atomic E-state index is 0.171. The number of pyridine rings is 1. The second kappa shape index (κ2) is 10.8. The van der Waals surface area contributed by atoms with E-state index < -0.39 is 43.8 Å². The number of carbonyl (C=O) groups is 1. The number of benzene rings is 2. The minimum atomic E-state index is -4.57. The predicted octanol–water partition coefficient (Wildman–Crippen LogP) is 5.00. The summed E-state index contributed by atoms with van der Waals surface area (Å²) >= 11 is 6.41. The quantitative estimate of drug-likeness (QED) is 0.265. The number of hydrogen-bond acceptors (Lipinski definition) is 6. The van der Waals surface area contributed by atoms with Crippen molar-refractivity contribution in [2.24, 2.45) is 5.14 Å². The van der Waals surface area contributed by atoms with E-state index in [-0.39, 0.29) is 23.3 Å². The highest BCUT2D eigenvalue weighted by Gasteiger charge is 2.36. The molecule has 0 aliphatic heterocycles. The molecule has 0 saturated heterocycles. The average molecular weight is 615 g/mol. The van der Waals surface area contributed by atoms with Gasteiger partial charge in [0.1, 0.15) is 5.56 Å². The molecule has 0 aliphatic carbocycles. The van der Waals surface area contributed by atoms with Gasteiger partial charge in [-0.25, -0.2) is 23.1 Å². The molecule has 5 aromatic rings. The van der Waals surface area contributed by atoms with Gasteiger partial charge in [-0.1, -0.05) is 48.0 Å². The molecular formula is C28H22ClF3N6O3S. The van der Waals surface area contributed by atoms with Crippen molar-refractivity contribution < 1.29 is 26.4 Å². The van der Waals surface area contributed by atoms with Crippen molar-refractivity contribution in [1.29, 1.82) is 0 Å². The maximum absolute atomic E-state index is 13.9. The number of nitrogens with zero attached hydrogens (tertiary/aromatic N) is 4. The first kappa shape index (κ1) is 29.2. The second-order valence-corrected chi connectivity index (χ2v) is 11.5. The maximum atomic E-state index is 13.9. The Morgan fingerprint density at radius 1 is 0.976 bits per heavy atom. The average Bonchev–Trinajstić information content (AvgIpc) is 3.35. The molecule has 0 saturated carbocycles. The standard InChI is InChI=1S/C28H22ClF3N6O3S/c1-27(22-8-4-5-14-34-22,16-18-6-2-3-7-20(18)29)36-25(39)23-24-35-15-13-21(38(24)37-26(23)42(33,40)41)17-9-11-19(12-10-17)28(30,31)32/h2-15H,16H2,1H3,(H,36,39)(H2,33,40,41). The van der Waals surface area contributed by atoms with E-state index in [0.29, 0.717) is 16.3 Å². The van der Waals surface area contributed by atoms with Gasteiger partial charge in [0.05, 0.1) is 22.5 Å². The number of nitrogens with two attached hydrogens (primary N) is 1. The lowest BCUT2D eigenvalue weighted by molar-refractivity contribution is -0.137. The van der Waals surface area contributed by atoms with Crippen LogP contribution < -0.4 is 10.5 Å². The Morgan fingerprint density at radius 3 is 2.29 bits per heavy atom. The summed E-state index contributed by atoms with van der Waals surface area (Å²) in [5, 5.41) is 12.1. The fraction of sp³-hybridized carbons (Fsp3) is 0.143. The van der Waals surface area contributed by atoms with Gasteiger partial charge in [-0.2, -0.15) is 18.3 Å². The Kier molecular flexibility index (Phi) is 7.51. The smallest absolute Gasteiger partial charge is 0.341 e. The van der Waals surface area contributed by atoms with Crippen LogP contribution in [0.5, 0.6) is 0 Å². The molecular weight excluding hydrogens is 593 g/mol. The zero-order valence-corrected chi connectivity index (χ0v) is 23.4. The van der Waals surface area contributed by atoms with Crippen molar-refractivity contribution in [1.82, 2.24) is 24.9 Å². The van der Waals surface area contributed by atoms with Crippen molar-refractivity contribution >= 4 is 33.2 Å². The van der Waals surface area contributed by atoms with Crippen LogP contribution in [-0.4, -0.2) is 33.9 Å². The second-order valence-electron chi connectivity index (χ2n) is 9.64. The minimum Gasteiger partial charge on any atom is -0.341 e. The maximum Gasteiger partial charge on any atom is 0.416 e. The van der Waals surface area contributed by atoms with Crippen LogP contribution >= 0.6 is 11.6 Å². The van der Waals surface area contributed by atoms with Crippen LogP contribution in [0.1, 0.15) is 34.1 Å². The summed E-state index contributed by atoms with van der Waals surface area (Å²) in [6, 6.07) is 17.8. The molecule has 3 N–H and O–H groups in total. The number of halogens is 4. The van der Waals surface area contributed by atoms with Crippen molar-refractivity contribution in [3.05, 3.63) is 113 Å². The molecule has 1 amide bonds. The van der Waals surface area contributed by atoms with E-state index >= 15 is 0 Å². The highest BCUT2D eigenvalue weighted by atomic mass is 35.5. The number of nitrogens with one attached hydrogen (secondary N) is 1. The number of alkyl halides is 3. The van der Waals surface area contributed by atoms with Crippen LogP contribution in [-0.2, 0) is 28.2 Å². The Morgan fingerprint density at radius 2 is 1.67 bits per heavy atom. The third kappa shape index (κ3) is 5.71. The van der Waals surface area contributed by atoms with Crippen molar-refractivity contribution in [2.75, 3.05) is 0 Å². The van der Waals surface area contributed by atoms with Crippen LogP contribution in [0, 0.1) is 0 Å². The lowest BCUT2D eigenvalue weighted by Crippen LogP contribution is -2.46. The first-order chi connectivity index (χ1) is 19.8. The van der Waals surface area contributed by atoms with E-state index in [4.69, 9.17) is 16.7 Å². The largest absolute Gasteiger partial charge is 0.416 e. The predicted molar refractivity (Wildman–Crippen MR) is 149 cm³/mol. The summed E-state index contributed by atoms with van der Waals surface area (Å²) in [4.78, 5) is 22.5. The summed E-state index contributed by atoms with van der Waals surface area (Å²) in [5.74, 6) is -0.869.